The number of amides is 1. The highest BCUT2D eigenvalue weighted by atomic mass is 35.5. The second-order valence-electron chi connectivity index (χ2n) is 8.22. The number of piperazine rings is 1. The molecule has 0 unspecified atom stereocenters. The van der Waals surface area contributed by atoms with Gasteiger partial charge in [0.15, 0.2) is 0 Å². The summed E-state index contributed by atoms with van der Waals surface area (Å²) in [6, 6.07) is 10.4. The molecule has 0 radical (unpaired) electrons. The van der Waals surface area contributed by atoms with Crippen molar-refractivity contribution >= 4 is 33.2 Å². The molecule has 3 rings (SSSR count). The van der Waals surface area contributed by atoms with Gasteiger partial charge in [0.25, 0.3) is 5.91 Å². The van der Waals surface area contributed by atoms with Crippen LogP contribution in [0, 0.1) is 5.82 Å². The fourth-order valence-electron chi connectivity index (χ4n) is 3.23. The van der Waals surface area contributed by atoms with Crippen LogP contribution in [0.4, 0.5) is 10.1 Å². The first kappa shape index (κ1) is 22.5. The van der Waals surface area contributed by atoms with Crippen LogP contribution in [-0.2, 0) is 10.0 Å². The minimum absolute atomic E-state index is 0.0725. The lowest BCUT2D eigenvalue weighted by Crippen LogP contribution is -2.48. The molecule has 1 amide bonds. The number of hydrogen-bond acceptors (Lipinski definition) is 4. The van der Waals surface area contributed by atoms with Gasteiger partial charge in [-0.05, 0) is 63.2 Å². The van der Waals surface area contributed by atoms with Crippen LogP contribution in [0.1, 0.15) is 31.1 Å². The molecule has 1 N–H and O–H groups in total. The van der Waals surface area contributed by atoms with Gasteiger partial charge < -0.3 is 10.2 Å². The Hall–Kier alpha value is -2.16. The molecule has 1 heterocycles. The van der Waals surface area contributed by atoms with E-state index in [0.717, 1.165) is 5.69 Å². The molecule has 0 bridgehead atoms. The number of sulfonamides is 1. The maximum absolute atomic E-state index is 13.2. The summed E-state index contributed by atoms with van der Waals surface area (Å²) in [4.78, 5) is 14.4. The lowest BCUT2D eigenvalue weighted by atomic mass is 10.1. The molecule has 1 aliphatic rings. The normalized spacial score (nSPS) is 15.8. The maximum Gasteiger partial charge on any atom is 0.251 e. The molecule has 2 aromatic carbocycles. The van der Waals surface area contributed by atoms with E-state index < -0.39 is 15.6 Å². The summed E-state index contributed by atoms with van der Waals surface area (Å²) >= 11 is 6.19. The van der Waals surface area contributed by atoms with Crippen LogP contribution >= 0.6 is 11.6 Å². The predicted molar refractivity (Wildman–Crippen MR) is 116 cm³/mol. The Kier molecular flexibility index (Phi) is 6.40. The topological polar surface area (TPSA) is 69.7 Å². The van der Waals surface area contributed by atoms with Gasteiger partial charge in [-0.25, -0.2) is 12.8 Å². The van der Waals surface area contributed by atoms with Crippen molar-refractivity contribution < 1.29 is 17.6 Å². The average Bonchev–Trinajstić information content (AvgIpc) is 2.67. The van der Waals surface area contributed by atoms with Gasteiger partial charge in [-0.15, -0.1) is 0 Å². The first-order valence-electron chi connectivity index (χ1n) is 9.60. The summed E-state index contributed by atoms with van der Waals surface area (Å²) in [5, 5.41) is 2.89. The summed E-state index contributed by atoms with van der Waals surface area (Å²) < 4.78 is 40.9. The molecule has 9 heteroatoms. The van der Waals surface area contributed by atoms with Crippen molar-refractivity contribution in [3.8, 4) is 0 Å². The monoisotopic (exact) mass is 453 g/mol. The highest BCUT2D eigenvalue weighted by Gasteiger charge is 2.31. The molecule has 1 fully saturated rings. The van der Waals surface area contributed by atoms with E-state index in [4.69, 9.17) is 11.6 Å². The molecule has 1 saturated heterocycles. The third kappa shape index (κ3) is 5.11. The molecule has 0 spiro atoms. The van der Waals surface area contributed by atoms with E-state index in [1.807, 2.05) is 25.7 Å². The van der Waals surface area contributed by atoms with E-state index in [1.54, 1.807) is 12.1 Å². The van der Waals surface area contributed by atoms with Crippen LogP contribution in [0.2, 0.25) is 5.02 Å². The van der Waals surface area contributed by atoms with Crippen molar-refractivity contribution in [1.82, 2.24) is 9.62 Å². The number of nitrogens with zero attached hydrogens (tertiary/aromatic N) is 2. The second kappa shape index (κ2) is 8.53. The SMILES string of the molecule is CC(C)(C)NC(=O)c1ccc(Cl)c(S(=O)(=O)N2CCN(c3ccc(F)cc3)CC2)c1. The van der Waals surface area contributed by atoms with Crippen LogP contribution in [0.3, 0.4) is 0 Å². The van der Waals surface area contributed by atoms with Crippen molar-refractivity contribution in [1.29, 1.82) is 0 Å². The first-order valence-corrected chi connectivity index (χ1v) is 11.4. The minimum Gasteiger partial charge on any atom is -0.369 e. The Balaban J connectivity index is 1.78. The smallest absolute Gasteiger partial charge is 0.251 e. The van der Waals surface area contributed by atoms with E-state index >= 15 is 0 Å². The highest BCUT2D eigenvalue weighted by Crippen LogP contribution is 2.28. The summed E-state index contributed by atoms with van der Waals surface area (Å²) in [5.41, 5.74) is 0.622. The number of nitrogens with one attached hydrogen (secondary N) is 1. The Bertz CT molecular complexity index is 1030. The zero-order valence-corrected chi connectivity index (χ0v) is 18.7. The van der Waals surface area contributed by atoms with Gasteiger partial charge in [-0.2, -0.15) is 4.31 Å². The Labute approximate surface area is 181 Å². The second-order valence-corrected chi connectivity index (χ2v) is 10.5. The molecule has 0 aliphatic carbocycles. The van der Waals surface area contributed by atoms with Crippen LogP contribution in [0.25, 0.3) is 0 Å². The Morgan fingerprint density at radius 2 is 1.63 bits per heavy atom. The summed E-state index contributed by atoms with van der Waals surface area (Å²) in [5.74, 6) is -0.679. The lowest BCUT2D eigenvalue weighted by molar-refractivity contribution is 0.0919. The number of anilines is 1. The number of benzene rings is 2. The number of carbonyl (C=O) groups excluding carboxylic acids is 1. The van der Waals surface area contributed by atoms with Gasteiger partial charge in [0, 0.05) is 43.0 Å². The summed E-state index contributed by atoms with van der Waals surface area (Å²) in [7, 11) is -3.87. The Morgan fingerprint density at radius 1 is 1.03 bits per heavy atom. The molecule has 30 heavy (non-hydrogen) atoms. The zero-order valence-electron chi connectivity index (χ0n) is 17.2. The fraction of sp³-hybridized carbons (Fsp3) is 0.381. The molecule has 0 saturated carbocycles. The fourth-order valence-corrected chi connectivity index (χ4v) is 5.16. The molecule has 0 atom stereocenters. The van der Waals surface area contributed by atoms with Crippen molar-refractivity contribution in [2.45, 2.75) is 31.2 Å². The van der Waals surface area contributed by atoms with Gasteiger partial charge in [-0.3, -0.25) is 4.79 Å². The number of hydrogen-bond donors (Lipinski definition) is 1. The molecule has 0 aromatic heterocycles. The minimum atomic E-state index is -3.87. The van der Waals surface area contributed by atoms with E-state index in [1.165, 1.54) is 34.6 Å². The summed E-state index contributed by atoms with van der Waals surface area (Å²) in [6.45, 7) is 6.99. The standard InChI is InChI=1S/C21H25ClFN3O3S/c1-21(2,3)24-20(27)15-4-9-18(22)19(14-15)30(28,29)26-12-10-25(11-13-26)17-7-5-16(23)6-8-17/h4-9,14H,10-13H2,1-3H3,(H,24,27). The molecule has 6 nitrogen and oxygen atoms in total. The van der Waals surface area contributed by atoms with Crippen LogP contribution < -0.4 is 10.2 Å². The van der Waals surface area contributed by atoms with Crippen molar-refractivity contribution in [2.75, 3.05) is 31.1 Å². The van der Waals surface area contributed by atoms with Crippen LogP contribution in [0.15, 0.2) is 47.4 Å². The lowest BCUT2D eigenvalue weighted by Gasteiger charge is -2.35. The van der Waals surface area contributed by atoms with Gasteiger partial charge in [0.2, 0.25) is 10.0 Å². The van der Waals surface area contributed by atoms with E-state index in [9.17, 15) is 17.6 Å². The molecular formula is C21H25ClFN3O3S. The van der Waals surface area contributed by atoms with Gasteiger partial charge >= 0.3 is 0 Å². The maximum atomic E-state index is 13.2. The van der Waals surface area contributed by atoms with E-state index in [0.29, 0.717) is 13.1 Å². The molecular weight excluding hydrogens is 429 g/mol. The van der Waals surface area contributed by atoms with Crippen LogP contribution in [0.5, 0.6) is 0 Å². The zero-order chi connectivity index (χ0) is 22.1. The van der Waals surface area contributed by atoms with E-state index in [-0.39, 0.29) is 40.3 Å². The number of rotatable bonds is 4. The summed E-state index contributed by atoms with van der Waals surface area (Å²) in [6.07, 6.45) is 0. The predicted octanol–water partition coefficient (Wildman–Crippen LogP) is 3.52. The first-order chi connectivity index (χ1) is 14.0. The largest absolute Gasteiger partial charge is 0.369 e. The van der Waals surface area contributed by atoms with Crippen molar-refractivity contribution in [3.05, 3.63) is 58.9 Å². The third-order valence-electron chi connectivity index (χ3n) is 4.73. The number of carbonyl (C=O) groups is 1. The van der Waals surface area contributed by atoms with Crippen molar-refractivity contribution in [3.63, 3.8) is 0 Å². The van der Waals surface area contributed by atoms with Crippen molar-refractivity contribution in [2.24, 2.45) is 0 Å². The van der Waals surface area contributed by atoms with Gasteiger partial charge in [0.05, 0.1) is 5.02 Å². The highest BCUT2D eigenvalue weighted by molar-refractivity contribution is 7.89. The number of halogens is 2. The molecule has 162 valence electrons. The van der Waals surface area contributed by atoms with Gasteiger partial charge in [-0.1, -0.05) is 11.6 Å². The molecule has 1 aliphatic heterocycles. The molecule has 2 aromatic rings. The van der Waals surface area contributed by atoms with Gasteiger partial charge in [0.1, 0.15) is 10.7 Å². The quantitative estimate of drug-likeness (QED) is 0.769. The van der Waals surface area contributed by atoms with Crippen LogP contribution in [-0.4, -0.2) is 50.3 Å². The third-order valence-corrected chi connectivity index (χ3v) is 7.11. The van der Waals surface area contributed by atoms with E-state index in [2.05, 4.69) is 5.32 Å². The Morgan fingerprint density at radius 3 is 2.20 bits per heavy atom. The average molecular weight is 454 g/mol.